The molecule has 0 unspecified atom stereocenters. The molecule has 0 atom stereocenters. The minimum atomic E-state index is -0.205. The van der Waals surface area contributed by atoms with Crippen molar-refractivity contribution in [3.63, 3.8) is 0 Å². The maximum absolute atomic E-state index is 11.8. The summed E-state index contributed by atoms with van der Waals surface area (Å²) in [6, 6.07) is 5.21. The van der Waals surface area contributed by atoms with E-state index < -0.39 is 0 Å². The zero-order valence-corrected chi connectivity index (χ0v) is 12.1. The number of hydrogen-bond donors (Lipinski definition) is 2. The van der Waals surface area contributed by atoms with Crippen molar-refractivity contribution in [2.24, 2.45) is 0 Å². The number of carbonyl (C=O) groups excluding carboxylic acids is 1. The van der Waals surface area contributed by atoms with Crippen molar-refractivity contribution < 1.29 is 14.6 Å². The summed E-state index contributed by atoms with van der Waals surface area (Å²) in [5, 5.41) is 11.7. The highest BCUT2D eigenvalue weighted by Crippen LogP contribution is 2.25. The summed E-state index contributed by atoms with van der Waals surface area (Å²) < 4.78 is 5.78. The third-order valence-corrected chi connectivity index (χ3v) is 3.48. The van der Waals surface area contributed by atoms with Gasteiger partial charge in [0.25, 0.3) is 5.91 Å². The minimum absolute atomic E-state index is 0.0139. The van der Waals surface area contributed by atoms with Gasteiger partial charge in [-0.1, -0.05) is 17.7 Å². The highest BCUT2D eigenvalue weighted by molar-refractivity contribution is 9.10. The van der Waals surface area contributed by atoms with Gasteiger partial charge in [0.1, 0.15) is 0 Å². The first kappa shape index (κ1) is 15.4. The summed E-state index contributed by atoms with van der Waals surface area (Å²) >= 11 is 9.28. The number of aliphatic hydroxyl groups is 1. The molecule has 0 aliphatic heterocycles. The summed E-state index contributed by atoms with van der Waals surface area (Å²) in [5.74, 6) is -0.205. The van der Waals surface area contributed by atoms with Crippen LogP contribution in [-0.4, -0.2) is 37.4 Å². The fraction of sp³-hybridized carbons (Fsp3) is 0.417. The number of nitrogens with one attached hydrogen (secondary N) is 1. The SMILES string of the molecule is O=C(NCCCOCCO)c1cccc(Br)c1Cl. The quantitative estimate of drug-likeness (QED) is 0.751. The summed E-state index contributed by atoms with van der Waals surface area (Å²) in [4.78, 5) is 11.8. The van der Waals surface area contributed by atoms with Gasteiger partial charge in [-0.3, -0.25) is 4.79 Å². The van der Waals surface area contributed by atoms with Crippen LogP contribution in [0.3, 0.4) is 0 Å². The van der Waals surface area contributed by atoms with E-state index in [1.807, 2.05) is 0 Å². The largest absolute Gasteiger partial charge is 0.394 e. The number of ether oxygens (including phenoxy) is 1. The van der Waals surface area contributed by atoms with Crippen LogP contribution in [0.2, 0.25) is 5.02 Å². The first-order valence-corrected chi connectivity index (χ1v) is 6.74. The van der Waals surface area contributed by atoms with Crippen LogP contribution in [0.25, 0.3) is 0 Å². The third kappa shape index (κ3) is 4.94. The summed E-state index contributed by atoms with van der Waals surface area (Å²) in [5.41, 5.74) is 0.447. The molecule has 1 aromatic rings. The predicted molar refractivity (Wildman–Crippen MR) is 74.0 cm³/mol. The maximum atomic E-state index is 11.8. The number of carbonyl (C=O) groups is 1. The number of hydrogen-bond acceptors (Lipinski definition) is 3. The lowest BCUT2D eigenvalue weighted by Crippen LogP contribution is -2.25. The van der Waals surface area contributed by atoms with Crippen molar-refractivity contribution in [3.05, 3.63) is 33.3 Å². The number of rotatable bonds is 7. The molecule has 0 heterocycles. The Kier molecular flexibility index (Phi) is 7.27. The van der Waals surface area contributed by atoms with Crippen LogP contribution in [0.4, 0.5) is 0 Å². The minimum Gasteiger partial charge on any atom is -0.394 e. The fourth-order valence-corrected chi connectivity index (χ4v) is 1.90. The van der Waals surface area contributed by atoms with Crippen LogP contribution in [0.15, 0.2) is 22.7 Å². The Hall–Kier alpha value is -0.620. The molecule has 1 amide bonds. The molecule has 0 spiro atoms. The van der Waals surface area contributed by atoms with Crippen molar-refractivity contribution in [1.29, 1.82) is 0 Å². The van der Waals surface area contributed by atoms with E-state index in [2.05, 4.69) is 21.2 Å². The first-order chi connectivity index (χ1) is 8.66. The molecule has 0 fully saturated rings. The van der Waals surface area contributed by atoms with Crippen LogP contribution >= 0.6 is 27.5 Å². The van der Waals surface area contributed by atoms with Crippen molar-refractivity contribution >= 4 is 33.4 Å². The molecule has 18 heavy (non-hydrogen) atoms. The van der Waals surface area contributed by atoms with Crippen molar-refractivity contribution in [2.45, 2.75) is 6.42 Å². The zero-order chi connectivity index (χ0) is 13.4. The number of benzene rings is 1. The van der Waals surface area contributed by atoms with Crippen LogP contribution in [-0.2, 0) is 4.74 Å². The summed E-state index contributed by atoms with van der Waals surface area (Å²) in [6.07, 6.45) is 0.692. The Morgan fingerprint density at radius 3 is 2.94 bits per heavy atom. The highest BCUT2D eigenvalue weighted by atomic mass is 79.9. The lowest BCUT2D eigenvalue weighted by Gasteiger charge is -2.07. The molecule has 0 saturated carbocycles. The Morgan fingerprint density at radius 2 is 2.22 bits per heavy atom. The Bertz CT molecular complexity index is 401. The number of aliphatic hydroxyl groups excluding tert-OH is 1. The van der Waals surface area contributed by atoms with Crippen molar-refractivity contribution in [1.82, 2.24) is 5.32 Å². The molecule has 0 aliphatic rings. The average molecular weight is 337 g/mol. The van der Waals surface area contributed by atoms with E-state index in [4.69, 9.17) is 21.4 Å². The van der Waals surface area contributed by atoms with Gasteiger partial charge in [0.2, 0.25) is 0 Å². The second-order valence-electron chi connectivity index (χ2n) is 3.55. The molecule has 4 nitrogen and oxygen atoms in total. The van der Waals surface area contributed by atoms with Crippen LogP contribution < -0.4 is 5.32 Å². The van der Waals surface area contributed by atoms with Gasteiger partial charge in [-0.05, 0) is 34.5 Å². The summed E-state index contributed by atoms with van der Waals surface area (Å²) in [6.45, 7) is 1.35. The molecule has 1 rings (SSSR count). The lowest BCUT2D eigenvalue weighted by atomic mass is 10.2. The van der Waals surface area contributed by atoms with E-state index in [9.17, 15) is 4.79 Å². The highest BCUT2D eigenvalue weighted by Gasteiger charge is 2.11. The molecule has 2 N–H and O–H groups in total. The molecular weight excluding hydrogens is 321 g/mol. The van der Waals surface area contributed by atoms with Crippen molar-refractivity contribution in [2.75, 3.05) is 26.4 Å². The van der Waals surface area contributed by atoms with Crippen molar-refractivity contribution in [3.8, 4) is 0 Å². The Labute approximate surface area is 119 Å². The monoisotopic (exact) mass is 335 g/mol. The smallest absolute Gasteiger partial charge is 0.252 e. The molecule has 1 aromatic carbocycles. The molecule has 6 heteroatoms. The lowest BCUT2D eigenvalue weighted by molar-refractivity contribution is 0.0867. The average Bonchev–Trinajstić information content (AvgIpc) is 2.36. The van der Waals surface area contributed by atoms with Gasteiger partial charge in [0, 0.05) is 17.6 Å². The van der Waals surface area contributed by atoms with Crippen LogP contribution in [0.5, 0.6) is 0 Å². The van der Waals surface area contributed by atoms with E-state index in [0.29, 0.717) is 41.2 Å². The van der Waals surface area contributed by atoms with E-state index in [1.165, 1.54) is 0 Å². The summed E-state index contributed by atoms with van der Waals surface area (Å²) in [7, 11) is 0. The number of halogens is 2. The molecular formula is C12H15BrClNO3. The van der Waals surface area contributed by atoms with E-state index >= 15 is 0 Å². The van der Waals surface area contributed by atoms with Gasteiger partial charge in [0.05, 0.1) is 23.8 Å². The third-order valence-electron chi connectivity index (χ3n) is 2.18. The second kappa shape index (κ2) is 8.48. The van der Waals surface area contributed by atoms with Gasteiger partial charge in [-0.2, -0.15) is 0 Å². The van der Waals surface area contributed by atoms with Gasteiger partial charge >= 0.3 is 0 Å². The fourth-order valence-electron chi connectivity index (χ4n) is 1.32. The van der Waals surface area contributed by atoms with Gasteiger partial charge < -0.3 is 15.2 Å². The second-order valence-corrected chi connectivity index (χ2v) is 4.78. The van der Waals surface area contributed by atoms with Crippen LogP contribution in [0.1, 0.15) is 16.8 Å². The maximum Gasteiger partial charge on any atom is 0.252 e. The van der Waals surface area contributed by atoms with Crippen LogP contribution in [0, 0.1) is 0 Å². The molecule has 0 bridgehead atoms. The van der Waals surface area contributed by atoms with Gasteiger partial charge in [-0.15, -0.1) is 0 Å². The van der Waals surface area contributed by atoms with Gasteiger partial charge in [-0.25, -0.2) is 0 Å². The Morgan fingerprint density at radius 1 is 1.44 bits per heavy atom. The topological polar surface area (TPSA) is 58.6 Å². The molecule has 0 radical (unpaired) electrons. The predicted octanol–water partition coefficient (Wildman–Crippen LogP) is 2.23. The van der Waals surface area contributed by atoms with Gasteiger partial charge in [0.15, 0.2) is 0 Å². The molecule has 0 aromatic heterocycles. The van der Waals surface area contributed by atoms with E-state index in [1.54, 1.807) is 18.2 Å². The molecule has 0 aliphatic carbocycles. The first-order valence-electron chi connectivity index (χ1n) is 5.57. The normalized spacial score (nSPS) is 10.4. The molecule has 0 saturated heterocycles. The van der Waals surface area contributed by atoms with E-state index in [-0.39, 0.29) is 12.5 Å². The molecule has 100 valence electrons. The Balaban J connectivity index is 2.35. The number of amides is 1. The zero-order valence-electron chi connectivity index (χ0n) is 9.79. The standard InChI is InChI=1S/C12H15BrClNO3/c13-10-4-1-3-9(11(10)14)12(17)15-5-2-7-18-8-6-16/h1,3-4,16H,2,5-8H2,(H,15,17). The van der Waals surface area contributed by atoms with E-state index in [0.717, 1.165) is 0 Å².